The van der Waals surface area contributed by atoms with Crippen molar-refractivity contribution in [2.45, 2.75) is 19.8 Å². The van der Waals surface area contributed by atoms with E-state index in [0.29, 0.717) is 30.4 Å². The molecule has 0 radical (unpaired) electrons. The Hall–Kier alpha value is -2.37. The molecule has 1 heterocycles. The van der Waals surface area contributed by atoms with Gasteiger partial charge in [-0.05, 0) is 37.9 Å². The second-order valence-corrected chi connectivity index (χ2v) is 7.45. The molecule has 28 heavy (non-hydrogen) atoms. The first-order chi connectivity index (χ1) is 13.6. The van der Waals surface area contributed by atoms with Crippen LogP contribution >= 0.6 is 11.6 Å². The molecule has 6 heteroatoms. The normalized spacial score (nSPS) is 18.1. The molecule has 2 aromatic rings. The van der Waals surface area contributed by atoms with E-state index in [4.69, 9.17) is 16.4 Å². The number of carbonyl (C=O) groups is 1. The van der Waals surface area contributed by atoms with E-state index >= 15 is 0 Å². The Morgan fingerprint density at radius 1 is 1.21 bits per heavy atom. The Labute approximate surface area is 170 Å². The fourth-order valence-electron chi connectivity index (χ4n) is 3.48. The van der Waals surface area contributed by atoms with E-state index in [1.807, 2.05) is 55.5 Å². The van der Waals surface area contributed by atoms with Crippen LogP contribution in [0.5, 0.6) is 0 Å². The summed E-state index contributed by atoms with van der Waals surface area (Å²) in [4.78, 5) is 19.0. The number of rotatable bonds is 7. The molecule has 0 aliphatic carbocycles. The van der Waals surface area contributed by atoms with Crippen LogP contribution in [0.3, 0.4) is 0 Å². The number of halogens is 1. The topological polar surface area (TPSA) is 62.1 Å². The van der Waals surface area contributed by atoms with Gasteiger partial charge in [0.05, 0.1) is 10.9 Å². The van der Waals surface area contributed by atoms with E-state index in [1.54, 1.807) is 0 Å². The summed E-state index contributed by atoms with van der Waals surface area (Å²) in [5.41, 5.74) is 3.58. The summed E-state index contributed by atoms with van der Waals surface area (Å²) in [5.74, 6) is -1.01. The molecule has 1 aliphatic heterocycles. The molecule has 1 atom stereocenters. The standard InChI is InChI=1S/C22H25ClN2O3/c1-16-7-2-3-9-18(16)21(19-10-4-5-11-20(19)23)24-28-14-13-25-12-6-8-17(15-25)22(26)27/h2-5,7,9-11,17H,6,8,12-15H2,1H3,(H,26,27). The van der Waals surface area contributed by atoms with Crippen molar-refractivity contribution in [3.8, 4) is 0 Å². The van der Waals surface area contributed by atoms with Crippen LogP contribution < -0.4 is 0 Å². The van der Waals surface area contributed by atoms with Crippen LogP contribution in [0.2, 0.25) is 5.02 Å². The van der Waals surface area contributed by atoms with Gasteiger partial charge in [0.25, 0.3) is 0 Å². The summed E-state index contributed by atoms with van der Waals surface area (Å²) < 4.78 is 0. The molecule has 148 valence electrons. The summed E-state index contributed by atoms with van der Waals surface area (Å²) in [7, 11) is 0. The Balaban J connectivity index is 1.71. The fourth-order valence-corrected chi connectivity index (χ4v) is 3.70. The SMILES string of the molecule is Cc1ccccc1C(=NOCCN1CCCC(C(=O)O)C1)c1ccccc1Cl. The van der Waals surface area contributed by atoms with Crippen molar-refractivity contribution in [2.75, 3.05) is 26.2 Å². The van der Waals surface area contributed by atoms with E-state index < -0.39 is 5.97 Å². The largest absolute Gasteiger partial charge is 0.481 e. The first-order valence-corrected chi connectivity index (χ1v) is 9.90. The van der Waals surface area contributed by atoms with Gasteiger partial charge in [0.15, 0.2) is 0 Å². The lowest BCUT2D eigenvalue weighted by Crippen LogP contribution is -2.40. The monoisotopic (exact) mass is 400 g/mol. The average Bonchev–Trinajstić information content (AvgIpc) is 2.70. The second kappa shape index (κ2) is 9.71. The van der Waals surface area contributed by atoms with E-state index in [9.17, 15) is 9.90 Å². The van der Waals surface area contributed by atoms with Crippen molar-refractivity contribution < 1.29 is 14.7 Å². The third kappa shape index (κ3) is 5.12. The zero-order valence-corrected chi connectivity index (χ0v) is 16.7. The summed E-state index contributed by atoms with van der Waals surface area (Å²) >= 11 is 6.40. The number of nitrogens with zero attached hydrogens (tertiary/aromatic N) is 2. The van der Waals surface area contributed by atoms with Gasteiger partial charge in [0.1, 0.15) is 12.3 Å². The van der Waals surface area contributed by atoms with Crippen LogP contribution in [0.25, 0.3) is 0 Å². The van der Waals surface area contributed by atoms with E-state index in [2.05, 4.69) is 10.1 Å². The summed E-state index contributed by atoms with van der Waals surface area (Å²) in [6.45, 7) is 4.54. The summed E-state index contributed by atoms with van der Waals surface area (Å²) in [6.07, 6.45) is 1.64. The van der Waals surface area contributed by atoms with Gasteiger partial charge in [-0.1, -0.05) is 59.2 Å². The molecule has 2 aromatic carbocycles. The predicted octanol–water partition coefficient (Wildman–Crippen LogP) is 4.21. The molecule has 5 nitrogen and oxygen atoms in total. The van der Waals surface area contributed by atoms with Gasteiger partial charge >= 0.3 is 5.97 Å². The molecule has 0 saturated carbocycles. The molecular formula is C22H25ClN2O3. The predicted molar refractivity (Wildman–Crippen MR) is 111 cm³/mol. The van der Waals surface area contributed by atoms with Crippen molar-refractivity contribution >= 4 is 23.3 Å². The van der Waals surface area contributed by atoms with Crippen LogP contribution in [0.15, 0.2) is 53.7 Å². The number of benzene rings is 2. The van der Waals surface area contributed by atoms with Crippen LogP contribution in [-0.4, -0.2) is 47.9 Å². The third-order valence-electron chi connectivity index (χ3n) is 5.04. The van der Waals surface area contributed by atoms with Gasteiger partial charge in [-0.25, -0.2) is 0 Å². The van der Waals surface area contributed by atoms with E-state index in [-0.39, 0.29) is 5.92 Å². The number of aliphatic carboxylic acids is 1. The molecule has 0 spiro atoms. The molecular weight excluding hydrogens is 376 g/mol. The molecule has 3 rings (SSSR count). The Morgan fingerprint density at radius 3 is 2.64 bits per heavy atom. The smallest absolute Gasteiger partial charge is 0.307 e. The number of carboxylic acids is 1. The van der Waals surface area contributed by atoms with Crippen molar-refractivity contribution in [3.63, 3.8) is 0 Å². The maximum Gasteiger partial charge on any atom is 0.307 e. The molecule has 1 unspecified atom stereocenters. The Bertz CT molecular complexity index is 806. The van der Waals surface area contributed by atoms with E-state index in [1.165, 1.54) is 0 Å². The zero-order chi connectivity index (χ0) is 19.9. The minimum atomic E-state index is -0.718. The maximum absolute atomic E-state index is 11.2. The number of hydrogen-bond acceptors (Lipinski definition) is 4. The fraction of sp³-hybridized carbons (Fsp3) is 0.364. The van der Waals surface area contributed by atoms with E-state index in [0.717, 1.165) is 36.1 Å². The number of oxime groups is 1. The molecule has 1 saturated heterocycles. The van der Waals surface area contributed by atoms with Gasteiger partial charge in [-0.3, -0.25) is 9.69 Å². The van der Waals surface area contributed by atoms with Crippen LogP contribution in [0.1, 0.15) is 29.5 Å². The first-order valence-electron chi connectivity index (χ1n) is 9.52. The van der Waals surface area contributed by atoms with Crippen molar-refractivity contribution in [3.05, 3.63) is 70.2 Å². The van der Waals surface area contributed by atoms with Crippen molar-refractivity contribution in [1.29, 1.82) is 0 Å². The highest BCUT2D eigenvalue weighted by Crippen LogP contribution is 2.22. The molecule has 1 aliphatic rings. The first kappa shape index (κ1) is 20.4. The number of piperidine rings is 1. The zero-order valence-electron chi connectivity index (χ0n) is 16.0. The minimum Gasteiger partial charge on any atom is -0.481 e. The van der Waals surface area contributed by atoms with Gasteiger partial charge in [-0.15, -0.1) is 0 Å². The molecule has 0 amide bonds. The molecule has 1 fully saturated rings. The van der Waals surface area contributed by atoms with Gasteiger partial charge < -0.3 is 9.94 Å². The Kier molecular flexibility index (Phi) is 7.06. The summed E-state index contributed by atoms with van der Waals surface area (Å²) in [5, 5.41) is 14.2. The highest BCUT2D eigenvalue weighted by Gasteiger charge is 2.25. The van der Waals surface area contributed by atoms with Crippen LogP contribution in [0.4, 0.5) is 0 Å². The third-order valence-corrected chi connectivity index (χ3v) is 5.37. The number of aryl methyl sites for hydroxylation is 1. The summed E-state index contributed by atoms with van der Waals surface area (Å²) in [6, 6.07) is 15.6. The highest BCUT2D eigenvalue weighted by molar-refractivity contribution is 6.35. The quantitative estimate of drug-likeness (QED) is 0.429. The Morgan fingerprint density at radius 2 is 1.93 bits per heavy atom. The van der Waals surface area contributed by atoms with Crippen LogP contribution in [-0.2, 0) is 9.63 Å². The highest BCUT2D eigenvalue weighted by atomic mass is 35.5. The number of likely N-dealkylation sites (tertiary alicyclic amines) is 1. The number of carboxylic acid groups (broad SMARTS) is 1. The van der Waals surface area contributed by atoms with Gasteiger partial charge in [0.2, 0.25) is 0 Å². The average molecular weight is 401 g/mol. The number of hydrogen-bond donors (Lipinski definition) is 1. The van der Waals surface area contributed by atoms with Gasteiger partial charge in [-0.2, -0.15) is 0 Å². The molecule has 0 bridgehead atoms. The maximum atomic E-state index is 11.2. The second-order valence-electron chi connectivity index (χ2n) is 7.05. The lowest BCUT2D eigenvalue weighted by Gasteiger charge is -2.30. The minimum absolute atomic E-state index is 0.289. The lowest BCUT2D eigenvalue weighted by molar-refractivity contribution is -0.143. The van der Waals surface area contributed by atoms with Crippen molar-refractivity contribution in [1.82, 2.24) is 4.90 Å². The molecule has 1 N–H and O–H groups in total. The lowest BCUT2D eigenvalue weighted by atomic mass is 9.98. The van der Waals surface area contributed by atoms with Crippen LogP contribution in [0, 0.1) is 12.8 Å². The van der Waals surface area contributed by atoms with Gasteiger partial charge in [0, 0.05) is 24.2 Å². The van der Waals surface area contributed by atoms with Crippen molar-refractivity contribution in [2.24, 2.45) is 11.1 Å². The molecule has 0 aromatic heterocycles.